The molecule has 0 atom stereocenters. The van der Waals surface area contributed by atoms with Crippen molar-refractivity contribution in [3.8, 4) is 28.7 Å². The number of hydrogen-bond donors (Lipinski definition) is 4. The lowest BCUT2D eigenvalue weighted by molar-refractivity contribution is -0.120. The molecule has 0 radical (unpaired) electrons. The number of carbonyl (C=O) groups excluding carboxylic acids is 1. The van der Waals surface area contributed by atoms with Crippen molar-refractivity contribution in [1.29, 1.82) is 0 Å². The van der Waals surface area contributed by atoms with Gasteiger partial charge >= 0.3 is 0 Å². The number of aromatic hydroxyl groups is 4. The Bertz CT molecular complexity index is 532. The van der Waals surface area contributed by atoms with Crippen molar-refractivity contribution in [1.82, 2.24) is 0 Å². The number of para-hydroxylation sites is 1. The first-order valence-corrected chi connectivity index (χ1v) is 5.14. The predicted molar refractivity (Wildman–Crippen MR) is 66.2 cm³/mol. The second-order valence-corrected chi connectivity index (χ2v) is 3.36. The first-order valence-electron chi connectivity index (χ1n) is 5.14. The van der Waals surface area contributed by atoms with Gasteiger partial charge in [0.25, 0.3) is 6.47 Å². The van der Waals surface area contributed by atoms with Gasteiger partial charge in [0.2, 0.25) is 0 Å². The van der Waals surface area contributed by atoms with Crippen LogP contribution < -0.4 is 4.74 Å². The number of carbonyl (C=O) groups is 1. The maximum atomic E-state index is 9.78. The Labute approximate surface area is 108 Å². The van der Waals surface area contributed by atoms with E-state index in [1.165, 1.54) is 30.3 Å². The van der Waals surface area contributed by atoms with Crippen LogP contribution in [0.1, 0.15) is 0 Å². The molecule has 2 aromatic rings. The first-order chi connectivity index (χ1) is 9.04. The molecule has 0 saturated heterocycles. The van der Waals surface area contributed by atoms with E-state index in [4.69, 9.17) is 20.4 Å². The van der Waals surface area contributed by atoms with Gasteiger partial charge in [-0.25, -0.2) is 0 Å². The Hall–Kier alpha value is -2.89. The molecule has 4 N–H and O–H groups in total. The van der Waals surface area contributed by atoms with Crippen LogP contribution in [-0.2, 0) is 4.79 Å². The van der Waals surface area contributed by atoms with Crippen LogP contribution in [-0.4, -0.2) is 26.9 Å². The summed E-state index contributed by atoms with van der Waals surface area (Å²) < 4.78 is 4.45. The summed E-state index contributed by atoms with van der Waals surface area (Å²) >= 11 is 0. The molecule has 0 fully saturated rings. The van der Waals surface area contributed by atoms with E-state index in [-0.39, 0.29) is 17.2 Å². The SMILES string of the molecule is O=COc1cccc(O)c1.Oc1cccc(O)c1O. The van der Waals surface area contributed by atoms with E-state index in [9.17, 15) is 4.79 Å². The van der Waals surface area contributed by atoms with Gasteiger partial charge in [-0.2, -0.15) is 0 Å². The molecule has 19 heavy (non-hydrogen) atoms. The molecule has 0 unspecified atom stereocenters. The molecular formula is C13H12O6. The van der Waals surface area contributed by atoms with Crippen LogP contribution in [0.25, 0.3) is 0 Å². The van der Waals surface area contributed by atoms with Crippen LogP contribution in [0.5, 0.6) is 28.7 Å². The van der Waals surface area contributed by atoms with E-state index >= 15 is 0 Å². The number of ether oxygens (including phenoxy) is 1. The van der Waals surface area contributed by atoms with E-state index in [2.05, 4.69) is 4.74 Å². The van der Waals surface area contributed by atoms with E-state index in [0.717, 1.165) is 0 Å². The minimum absolute atomic E-state index is 0.0827. The Balaban J connectivity index is 0.000000191. The number of benzene rings is 2. The van der Waals surface area contributed by atoms with Gasteiger partial charge in [0.15, 0.2) is 17.2 Å². The fraction of sp³-hybridized carbons (Fsp3) is 0. The number of rotatable bonds is 2. The highest BCUT2D eigenvalue weighted by atomic mass is 16.5. The van der Waals surface area contributed by atoms with Crippen molar-refractivity contribution in [2.75, 3.05) is 0 Å². The second-order valence-electron chi connectivity index (χ2n) is 3.36. The van der Waals surface area contributed by atoms with Gasteiger partial charge in [-0.15, -0.1) is 0 Å². The van der Waals surface area contributed by atoms with Crippen LogP contribution in [0.3, 0.4) is 0 Å². The molecule has 0 heterocycles. The molecule has 0 aliphatic carbocycles. The minimum Gasteiger partial charge on any atom is -0.508 e. The molecule has 0 aliphatic heterocycles. The fourth-order valence-electron chi connectivity index (χ4n) is 1.13. The third-order valence-corrected chi connectivity index (χ3v) is 2.00. The average molecular weight is 264 g/mol. The molecular weight excluding hydrogens is 252 g/mol. The Morgan fingerprint density at radius 2 is 1.47 bits per heavy atom. The first kappa shape index (κ1) is 14.2. The standard InChI is InChI=1S/C7H6O3.C6H6O3/c8-5-10-7-3-1-2-6(9)4-7;7-4-2-1-3-5(8)6(4)9/h1-5,9H;1-3,7-9H. The third-order valence-electron chi connectivity index (χ3n) is 2.00. The van der Waals surface area contributed by atoms with Gasteiger partial charge in [-0.1, -0.05) is 12.1 Å². The number of phenols is 4. The summed E-state index contributed by atoms with van der Waals surface area (Å²) in [6, 6.07) is 10.0. The fourth-order valence-corrected chi connectivity index (χ4v) is 1.13. The summed E-state index contributed by atoms with van der Waals surface area (Å²) in [7, 11) is 0. The molecule has 100 valence electrons. The molecule has 0 amide bonds. The molecule has 0 spiro atoms. The van der Waals surface area contributed by atoms with Crippen molar-refractivity contribution in [2.45, 2.75) is 0 Å². The Morgan fingerprint density at radius 3 is 1.95 bits per heavy atom. The van der Waals surface area contributed by atoms with Crippen LogP contribution in [0.2, 0.25) is 0 Å². The van der Waals surface area contributed by atoms with Gasteiger partial charge in [0.05, 0.1) is 0 Å². The lowest BCUT2D eigenvalue weighted by atomic mass is 10.3. The topological polar surface area (TPSA) is 107 Å². The molecule has 0 aromatic heterocycles. The van der Waals surface area contributed by atoms with Crippen LogP contribution in [0, 0.1) is 0 Å². The van der Waals surface area contributed by atoms with Gasteiger partial charge < -0.3 is 25.2 Å². The zero-order chi connectivity index (χ0) is 14.3. The van der Waals surface area contributed by atoms with Crippen molar-refractivity contribution >= 4 is 6.47 Å². The highest BCUT2D eigenvalue weighted by Crippen LogP contribution is 2.32. The lowest BCUT2D eigenvalue weighted by Crippen LogP contribution is -1.86. The summed E-state index contributed by atoms with van der Waals surface area (Å²) in [4.78, 5) is 9.78. The summed E-state index contributed by atoms with van der Waals surface area (Å²) in [6.45, 7) is 0.314. The minimum atomic E-state index is -0.475. The van der Waals surface area contributed by atoms with Crippen LogP contribution in [0.4, 0.5) is 0 Å². The van der Waals surface area contributed by atoms with Gasteiger partial charge in [0, 0.05) is 6.07 Å². The van der Waals surface area contributed by atoms with Crippen LogP contribution in [0.15, 0.2) is 42.5 Å². The van der Waals surface area contributed by atoms with E-state index in [0.29, 0.717) is 12.2 Å². The zero-order valence-electron chi connectivity index (χ0n) is 9.72. The predicted octanol–water partition coefficient (Wildman–Crippen LogP) is 1.73. The lowest BCUT2D eigenvalue weighted by Gasteiger charge is -1.96. The van der Waals surface area contributed by atoms with Gasteiger partial charge in [-0.05, 0) is 24.3 Å². The molecule has 2 aromatic carbocycles. The maximum Gasteiger partial charge on any atom is 0.298 e. The Morgan fingerprint density at radius 1 is 0.895 bits per heavy atom. The maximum absolute atomic E-state index is 9.78. The molecule has 0 saturated carbocycles. The molecule has 2 rings (SSSR count). The smallest absolute Gasteiger partial charge is 0.298 e. The van der Waals surface area contributed by atoms with Crippen molar-refractivity contribution < 1.29 is 30.0 Å². The highest BCUT2D eigenvalue weighted by Gasteiger charge is 2.01. The molecule has 0 bridgehead atoms. The molecule has 6 nitrogen and oxygen atoms in total. The third kappa shape index (κ3) is 4.47. The molecule has 0 aliphatic rings. The van der Waals surface area contributed by atoms with Crippen molar-refractivity contribution in [3.05, 3.63) is 42.5 Å². The summed E-state index contributed by atoms with van der Waals surface area (Å²) in [6.07, 6.45) is 0. The van der Waals surface area contributed by atoms with Gasteiger partial charge in [0.1, 0.15) is 11.5 Å². The highest BCUT2D eigenvalue weighted by molar-refractivity contribution is 5.47. The zero-order valence-corrected chi connectivity index (χ0v) is 9.72. The number of phenolic OH excluding ortho intramolecular Hbond substituents is 4. The van der Waals surface area contributed by atoms with E-state index in [1.54, 1.807) is 12.1 Å². The van der Waals surface area contributed by atoms with E-state index in [1.807, 2.05) is 0 Å². The summed E-state index contributed by atoms with van der Waals surface area (Å²) in [5.74, 6) is -0.670. The van der Waals surface area contributed by atoms with Crippen molar-refractivity contribution in [3.63, 3.8) is 0 Å². The monoisotopic (exact) mass is 264 g/mol. The Kier molecular flexibility index (Phi) is 5.04. The second kappa shape index (κ2) is 6.75. The normalized spacial score (nSPS) is 9.05. The van der Waals surface area contributed by atoms with Crippen LogP contribution >= 0.6 is 0 Å². The van der Waals surface area contributed by atoms with Gasteiger partial charge in [-0.3, -0.25) is 4.79 Å². The average Bonchev–Trinajstić information content (AvgIpc) is 2.37. The largest absolute Gasteiger partial charge is 0.508 e. The number of hydrogen-bond acceptors (Lipinski definition) is 6. The van der Waals surface area contributed by atoms with Crippen molar-refractivity contribution in [2.24, 2.45) is 0 Å². The quantitative estimate of drug-likeness (QED) is 0.486. The molecule has 6 heteroatoms. The summed E-state index contributed by atoms with van der Waals surface area (Å²) in [5, 5.41) is 34.9. The van der Waals surface area contributed by atoms with E-state index < -0.39 is 5.75 Å². The summed E-state index contributed by atoms with van der Waals surface area (Å²) in [5.41, 5.74) is 0.